The molecule has 0 aliphatic heterocycles. The zero-order valence-electron chi connectivity index (χ0n) is 11.4. The van der Waals surface area contributed by atoms with Crippen molar-refractivity contribution in [3.05, 3.63) is 70.5 Å². The van der Waals surface area contributed by atoms with Crippen LogP contribution in [0.4, 0.5) is 13.2 Å². The molecule has 1 nitrogen and oxygen atoms in total. The summed E-state index contributed by atoms with van der Waals surface area (Å²) in [6.45, 7) is 4.39. The Morgan fingerprint density at radius 2 is 1.75 bits per heavy atom. The lowest BCUT2D eigenvalue weighted by molar-refractivity contribution is 0.503. The van der Waals surface area contributed by atoms with E-state index in [1.807, 2.05) is 13.8 Å². The second-order valence-corrected chi connectivity index (χ2v) is 4.67. The fourth-order valence-electron chi connectivity index (χ4n) is 2.23. The van der Waals surface area contributed by atoms with Crippen LogP contribution in [0, 0.1) is 24.4 Å². The van der Waals surface area contributed by atoms with Gasteiger partial charge in [0.1, 0.15) is 5.82 Å². The molecule has 20 heavy (non-hydrogen) atoms. The zero-order chi connectivity index (χ0) is 14.7. The highest BCUT2D eigenvalue weighted by molar-refractivity contribution is 5.37. The summed E-state index contributed by atoms with van der Waals surface area (Å²) in [5.41, 5.74) is 2.18. The van der Waals surface area contributed by atoms with E-state index in [9.17, 15) is 13.2 Å². The van der Waals surface area contributed by atoms with Crippen LogP contribution in [0.15, 0.2) is 36.4 Å². The maximum Gasteiger partial charge on any atom is 0.159 e. The number of nitrogens with one attached hydrogen (secondary N) is 1. The average Bonchev–Trinajstić information content (AvgIpc) is 2.42. The van der Waals surface area contributed by atoms with E-state index in [-0.39, 0.29) is 11.9 Å². The summed E-state index contributed by atoms with van der Waals surface area (Å²) in [6.07, 6.45) is 0. The highest BCUT2D eigenvalue weighted by Crippen LogP contribution is 2.26. The van der Waals surface area contributed by atoms with E-state index >= 15 is 0 Å². The summed E-state index contributed by atoms with van der Waals surface area (Å²) in [7, 11) is 0. The Morgan fingerprint density at radius 3 is 2.40 bits per heavy atom. The average molecular weight is 279 g/mol. The molecule has 2 aromatic rings. The molecule has 0 fully saturated rings. The van der Waals surface area contributed by atoms with Gasteiger partial charge in [-0.2, -0.15) is 0 Å². The van der Waals surface area contributed by atoms with Crippen LogP contribution in [0.1, 0.15) is 29.7 Å². The van der Waals surface area contributed by atoms with Crippen molar-refractivity contribution in [1.82, 2.24) is 5.32 Å². The molecule has 1 unspecified atom stereocenters. The lowest BCUT2D eigenvalue weighted by Crippen LogP contribution is -2.23. The van der Waals surface area contributed by atoms with Crippen LogP contribution in [-0.2, 0) is 0 Å². The quantitative estimate of drug-likeness (QED) is 0.888. The van der Waals surface area contributed by atoms with Gasteiger partial charge in [0.15, 0.2) is 11.6 Å². The topological polar surface area (TPSA) is 12.0 Å². The second-order valence-electron chi connectivity index (χ2n) is 4.67. The van der Waals surface area contributed by atoms with Crippen LogP contribution in [0.3, 0.4) is 0 Å². The number of rotatable bonds is 4. The van der Waals surface area contributed by atoms with Gasteiger partial charge in [-0.3, -0.25) is 0 Å². The first-order chi connectivity index (χ1) is 9.52. The summed E-state index contributed by atoms with van der Waals surface area (Å²) in [4.78, 5) is 0. The number of hydrogen-bond donors (Lipinski definition) is 1. The molecule has 0 bridgehead atoms. The molecular weight excluding hydrogens is 263 g/mol. The summed E-state index contributed by atoms with van der Waals surface area (Å²) in [5.74, 6) is -2.14. The molecule has 0 aromatic heterocycles. The first-order valence-electron chi connectivity index (χ1n) is 6.47. The normalized spacial score (nSPS) is 12.4. The van der Waals surface area contributed by atoms with E-state index in [1.54, 1.807) is 6.07 Å². The third-order valence-electron chi connectivity index (χ3n) is 3.24. The lowest BCUT2D eigenvalue weighted by atomic mass is 9.94. The molecule has 0 spiro atoms. The third-order valence-corrected chi connectivity index (χ3v) is 3.24. The van der Waals surface area contributed by atoms with Crippen LogP contribution >= 0.6 is 0 Å². The molecule has 4 heteroatoms. The van der Waals surface area contributed by atoms with E-state index in [0.29, 0.717) is 12.1 Å². The maximum atomic E-state index is 13.4. The van der Waals surface area contributed by atoms with Crippen molar-refractivity contribution in [3.8, 4) is 0 Å². The predicted molar refractivity (Wildman–Crippen MR) is 73.0 cm³/mol. The van der Waals surface area contributed by atoms with Gasteiger partial charge >= 0.3 is 0 Å². The Bertz CT molecular complexity index is 611. The Labute approximate surface area is 116 Å². The van der Waals surface area contributed by atoms with Crippen LogP contribution in [0.25, 0.3) is 0 Å². The van der Waals surface area contributed by atoms with Crippen LogP contribution < -0.4 is 5.32 Å². The van der Waals surface area contributed by atoms with Gasteiger partial charge in [0, 0.05) is 0 Å². The highest BCUT2D eigenvalue weighted by atomic mass is 19.2. The van der Waals surface area contributed by atoms with Gasteiger partial charge in [-0.25, -0.2) is 13.2 Å². The fourth-order valence-corrected chi connectivity index (χ4v) is 2.23. The molecule has 0 aliphatic rings. The van der Waals surface area contributed by atoms with E-state index in [2.05, 4.69) is 5.32 Å². The van der Waals surface area contributed by atoms with Crippen molar-refractivity contribution in [1.29, 1.82) is 0 Å². The van der Waals surface area contributed by atoms with Crippen molar-refractivity contribution in [3.63, 3.8) is 0 Å². The molecule has 0 heterocycles. The second kappa shape index (κ2) is 6.09. The smallest absolute Gasteiger partial charge is 0.159 e. The van der Waals surface area contributed by atoms with Crippen molar-refractivity contribution < 1.29 is 13.2 Å². The van der Waals surface area contributed by atoms with Crippen LogP contribution in [-0.4, -0.2) is 6.54 Å². The molecule has 0 amide bonds. The Hall–Kier alpha value is -1.81. The molecule has 2 rings (SSSR count). The summed E-state index contributed by atoms with van der Waals surface area (Å²) in [6, 6.07) is 7.85. The van der Waals surface area contributed by atoms with Gasteiger partial charge in [-0.15, -0.1) is 0 Å². The highest BCUT2D eigenvalue weighted by Gasteiger charge is 2.17. The van der Waals surface area contributed by atoms with Crippen molar-refractivity contribution in [2.75, 3.05) is 6.54 Å². The molecule has 1 atom stereocenters. The lowest BCUT2D eigenvalue weighted by Gasteiger charge is -2.21. The fraction of sp³-hybridized carbons (Fsp3) is 0.250. The SMILES string of the molecule is CCNC(c1ccc(F)c(F)c1)c1cc(F)ccc1C. The van der Waals surface area contributed by atoms with Crippen LogP contribution in [0.2, 0.25) is 0 Å². The number of benzene rings is 2. The van der Waals surface area contributed by atoms with Crippen molar-refractivity contribution in [2.45, 2.75) is 19.9 Å². The standard InChI is InChI=1S/C16H16F3N/c1-3-20-16(11-5-7-14(18)15(19)8-11)13-9-12(17)6-4-10(13)2/h4-9,16,20H,3H2,1-2H3. The van der Waals surface area contributed by atoms with E-state index < -0.39 is 11.6 Å². The van der Waals surface area contributed by atoms with Gasteiger partial charge in [0.25, 0.3) is 0 Å². The molecule has 2 aromatic carbocycles. The van der Waals surface area contributed by atoms with Gasteiger partial charge in [-0.05, 0) is 54.4 Å². The molecule has 1 N–H and O–H groups in total. The zero-order valence-corrected chi connectivity index (χ0v) is 11.4. The van der Waals surface area contributed by atoms with Gasteiger partial charge < -0.3 is 5.32 Å². The summed E-state index contributed by atoms with van der Waals surface area (Å²) >= 11 is 0. The molecular formula is C16H16F3N. The summed E-state index contributed by atoms with van der Waals surface area (Å²) < 4.78 is 39.9. The molecule has 0 saturated heterocycles. The molecule has 0 saturated carbocycles. The molecule has 0 radical (unpaired) electrons. The number of hydrogen-bond acceptors (Lipinski definition) is 1. The van der Waals surface area contributed by atoms with Gasteiger partial charge in [-0.1, -0.05) is 19.1 Å². The van der Waals surface area contributed by atoms with Gasteiger partial charge in [0.2, 0.25) is 0 Å². The number of aryl methyl sites for hydroxylation is 1. The Morgan fingerprint density at radius 1 is 1.00 bits per heavy atom. The molecule has 0 aliphatic carbocycles. The Kier molecular flexibility index (Phi) is 4.45. The first kappa shape index (κ1) is 14.6. The monoisotopic (exact) mass is 279 g/mol. The minimum Gasteiger partial charge on any atom is -0.307 e. The van der Waals surface area contributed by atoms with Crippen molar-refractivity contribution >= 4 is 0 Å². The minimum atomic E-state index is -0.903. The third kappa shape index (κ3) is 3.02. The summed E-state index contributed by atoms with van der Waals surface area (Å²) in [5, 5.41) is 3.17. The van der Waals surface area contributed by atoms with Crippen LogP contribution in [0.5, 0.6) is 0 Å². The Balaban J connectivity index is 2.49. The van der Waals surface area contributed by atoms with E-state index in [4.69, 9.17) is 0 Å². The first-order valence-corrected chi connectivity index (χ1v) is 6.47. The number of halogens is 3. The van der Waals surface area contributed by atoms with Crippen molar-refractivity contribution in [2.24, 2.45) is 0 Å². The van der Waals surface area contributed by atoms with E-state index in [0.717, 1.165) is 23.3 Å². The maximum absolute atomic E-state index is 13.4. The predicted octanol–water partition coefficient (Wildman–Crippen LogP) is 4.11. The van der Waals surface area contributed by atoms with E-state index in [1.165, 1.54) is 18.2 Å². The largest absolute Gasteiger partial charge is 0.307 e. The molecule has 106 valence electrons. The van der Waals surface area contributed by atoms with Gasteiger partial charge in [0.05, 0.1) is 6.04 Å². The minimum absolute atomic E-state index is 0.351.